The van der Waals surface area contributed by atoms with Crippen LogP contribution in [-0.2, 0) is 9.59 Å². The number of nitrogens with zero attached hydrogens (tertiary/aromatic N) is 2. The number of hydrogen-bond acceptors (Lipinski definition) is 3. The van der Waals surface area contributed by atoms with E-state index in [0.29, 0.717) is 18.9 Å². The molecule has 5 heteroatoms. The van der Waals surface area contributed by atoms with Crippen LogP contribution < -0.4 is 0 Å². The third-order valence-corrected chi connectivity index (χ3v) is 7.60. The van der Waals surface area contributed by atoms with Crippen LogP contribution in [0.3, 0.4) is 0 Å². The molecule has 0 aliphatic carbocycles. The molecule has 3 aromatic rings. The Kier molecular flexibility index (Phi) is 6.96. The molecule has 0 aromatic heterocycles. The average Bonchev–Trinajstić information content (AvgIpc) is 3.37. The molecular weight excluding hydrogens is 436 g/mol. The van der Waals surface area contributed by atoms with E-state index >= 15 is 0 Å². The molecule has 0 spiro atoms. The van der Waals surface area contributed by atoms with Gasteiger partial charge in [-0.2, -0.15) is 0 Å². The molecule has 3 atom stereocenters. The summed E-state index contributed by atoms with van der Waals surface area (Å²) in [5.41, 5.74) is 3.11. The summed E-state index contributed by atoms with van der Waals surface area (Å²) in [5.74, 6) is -1.12. The molecule has 5 nitrogen and oxygen atoms in total. The highest BCUT2D eigenvalue weighted by Crippen LogP contribution is 2.34. The molecule has 2 saturated heterocycles. The van der Waals surface area contributed by atoms with Gasteiger partial charge in [-0.1, -0.05) is 91.0 Å². The van der Waals surface area contributed by atoms with Crippen molar-refractivity contribution < 1.29 is 14.7 Å². The molecule has 2 aliphatic rings. The molecule has 35 heavy (non-hydrogen) atoms. The van der Waals surface area contributed by atoms with Crippen molar-refractivity contribution in [3.63, 3.8) is 0 Å². The Bertz CT molecular complexity index is 1100. The van der Waals surface area contributed by atoms with E-state index < -0.39 is 17.9 Å². The number of amides is 1. The lowest BCUT2D eigenvalue weighted by molar-refractivity contribution is -0.148. The standard InChI is InChI=1S/C30H32N2O3/c33-29(28(23-13-6-2-7-14-23)24-15-8-3-9-16-24)32-21-26(19-27(32)30(34)35)31-18-10-17-25(20-31)22-11-4-1-5-12-22/h1-9,11-16,25-28H,10,17-21H2,(H,34,35)/t25-,26+,27+/m0/s1. The fourth-order valence-electron chi connectivity index (χ4n) is 5.83. The number of aliphatic carboxylic acids is 1. The lowest BCUT2D eigenvalue weighted by Gasteiger charge is -2.37. The summed E-state index contributed by atoms with van der Waals surface area (Å²) in [6, 6.07) is 29.2. The second kappa shape index (κ2) is 10.4. The van der Waals surface area contributed by atoms with Crippen LogP contribution in [0.4, 0.5) is 0 Å². The molecule has 2 heterocycles. The molecule has 2 fully saturated rings. The third-order valence-electron chi connectivity index (χ3n) is 7.60. The van der Waals surface area contributed by atoms with Crippen molar-refractivity contribution in [2.45, 2.75) is 43.2 Å². The number of piperidine rings is 1. The Morgan fingerprint density at radius 1 is 0.800 bits per heavy atom. The number of carboxylic acids is 1. The maximum atomic E-state index is 14.0. The lowest BCUT2D eigenvalue weighted by Crippen LogP contribution is -2.45. The second-order valence-electron chi connectivity index (χ2n) is 9.73. The zero-order valence-electron chi connectivity index (χ0n) is 19.9. The smallest absolute Gasteiger partial charge is 0.326 e. The van der Waals surface area contributed by atoms with Crippen LogP contribution in [0.2, 0.25) is 0 Å². The van der Waals surface area contributed by atoms with Crippen LogP contribution in [0.15, 0.2) is 91.0 Å². The van der Waals surface area contributed by atoms with Crippen LogP contribution in [-0.4, -0.2) is 58.5 Å². The molecule has 3 aromatic carbocycles. The van der Waals surface area contributed by atoms with Crippen LogP contribution in [0, 0.1) is 0 Å². The van der Waals surface area contributed by atoms with E-state index in [-0.39, 0.29) is 11.9 Å². The van der Waals surface area contributed by atoms with Gasteiger partial charge in [0.2, 0.25) is 5.91 Å². The van der Waals surface area contributed by atoms with Crippen LogP contribution in [0.5, 0.6) is 0 Å². The first-order valence-electron chi connectivity index (χ1n) is 12.5. The van der Waals surface area contributed by atoms with Crippen molar-refractivity contribution in [2.24, 2.45) is 0 Å². The first kappa shape index (κ1) is 23.3. The van der Waals surface area contributed by atoms with Gasteiger partial charge in [-0.15, -0.1) is 0 Å². The number of hydrogen-bond donors (Lipinski definition) is 1. The van der Waals surface area contributed by atoms with E-state index in [2.05, 4.69) is 29.2 Å². The predicted octanol–water partition coefficient (Wildman–Crippen LogP) is 4.75. The number of likely N-dealkylation sites (tertiary alicyclic amines) is 2. The predicted molar refractivity (Wildman–Crippen MR) is 136 cm³/mol. The van der Waals surface area contributed by atoms with Gasteiger partial charge in [-0.3, -0.25) is 9.69 Å². The fourth-order valence-corrected chi connectivity index (χ4v) is 5.83. The van der Waals surface area contributed by atoms with Gasteiger partial charge in [0.25, 0.3) is 0 Å². The zero-order valence-corrected chi connectivity index (χ0v) is 19.9. The number of benzene rings is 3. The van der Waals surface area contributed by atoms with Crippen LogP contribution in [0.1, 0.15) is 47.8 Å². The number of carboxylic acid groups (broad SMARTS) is 1. The summed E-state index contributed by atoms with van der Waals surface area (Å²) < 4.78 is 0. The van der Waals surface area contributed by atoms with Gasteiger partial charge in [0.15, 0.2) is 0 Å². The van der Waals surface area contributed by atoms with Gasteiger partial charge in [-0.25, -0.2) is 4.79 Å². The van der Waals surface area contributed by atoms with Gasteiger partial charge in [0.1, 0.15) is 6.04 Å². The fraction of sp³-hybridized carbons (Fsp3) is 0.333. The molecule has 0 radical (unpaired) electrons. The van der Waals surface area contributed by atoms with Crippen LogP contribution >= 0.6 is 0 Å². The molecule has 0 bridgehead atoms. The number of rotatable bonds is 6. The largest absolute Gasteiger partial charge is 0.480 e. The lowest BCUT2D eigenvalue weighted by atomic mass is 9.89. The van der Waals surface area contributed by atoms with Crippen molar-refractivity contribution in [1.29, 1.82) is 0 Å². The third kappa shape index (κ3) is 5.01. The summed E-state index contributed by atoms with van der Waals surface area (Å²) in [5, 5.41) is 10.1. The highest BCUT2D eigenvalue weighted by Gasteiger charge is 2.44. The Morgan fingerprint density at radius 3 is 1.94 bits per heavy atom. The minimum atomic E-state index is -0.919. The molecule has 1 N–H and O–H groups in total. The van der Waals surface area contributed by atoms with Crippen molar-refractivity contribution in [3.8, 4) is 0 Å². The Labute approximate surface area is 207 Å². The molecular formula is C30H32N2O3. The van der Waals surface area contributed by atoms with Gasteiger partial charge in [0.05, 0.1) is 5.92 Å². The van der Waals surface area contributed by atoms with E-state index in [4.69, 9.17) is 0 Å². The normalized spacial score (nSPS) is 22.9. The molecule has 0 saturated carbocycles. The topological polar surface area (TPSA) is 60.9 Å². The Hall–Kier alpha value is -3.44. The number of carbonyl (C=O) groups excluding carboxylic acids is 1. The van der Waals surface area contributed by atoms with E-state index in [0.717, 1.165) is 37.1 Å². The summed E-state index contributed by atoms with van der Waals surface area (Å²) in [7, 11) is 0. The zero-order chi connectivity index (χ0) is 24.2. The first-order chi connectivity index (χ1) is 17.1. The van der Waals surface area contributed by atoms with E-state index in [1.165, 1.54) is 5.56 Å². The second-order valence-corrected chi connectivity index (χ2v) is 9.73. The Balaban J connectivity index is 1.39. The molecule has 0 unspecified atom stereocenters. The van der Waals surface area contributed by atoms with E-state index in [1.54, 1.807) is 4.90 Å². The van der Waals surface area contributed by atoms with Gasteiger partial charge >= 0.3 is 5.97 Å². The highest BCUT2D eigenvalue weighted by molar-refractivity contribution is 5.91. The minimum Gasteiger partial charge on any atom is -0.480 e. The van der Waals surface area contributed by atoms with Crippen molar-refractivity contribution in [3.05, 3.63) is 108 Å². The summed E-state index contributed by atoms with van der Waals surface area (Å²) in [6.45, 7) is 2.31. The summed E-state index contributed by atoms with van der Waals surface area (Å²) in [6.07, 6.45) is 2.69. The monoisotopic (exact) mass is 468 g/mol. The van der Waals surface area contributed by atoms with E-state index in [1.807, 2.05) is 66.7 Å². The van der Waals surface area contributed by atoms with Crippen molar-refractivity contribution in [2.75, 3.05) is 19.6 Å². The van der Waals surface area contributed by atoms with Crippen molar-refractivity contribution >= 4 is 11.9 Å². The maximum absolute atomic E-state index is 14.0. The maximum Gasteiger partial charge on any atom is 0.326 e. The average molecular weight is 469 g/mol. The highest BCUT2D eigenvalue weighted by atomic mass is 16.4. The van der Waals surface area contributed by atoms with E-state index in [9.17, 15) is 14.7 Å². The summed E-state index contributed by atoms with van der Waals surface area (Å²) in [4.78, 5) is 30.4. The molecule has 5 rings (SSSR count). The molecule has 2 aliphatic heterocycles. The van der Waals surface area contributed by atoms with Crippen molar-refractivity contribution in [1.82, 2.24) is 9.80 Å². The molecule has 1 amide bonds. The first-order valence-corrected chi connectivity index (χ1v) is 12.5. The Morgan fingerprint density at radius 2 is 1.37 bits per heavy atom. The SMILES string of the molecule is O=C(O)[C@H]1C[C@@H](N2CCC[C@H](c3ccccc3)C2)CN1C(=O)C(c1ccccc1)c1ccccc1. The van der Waals surface area contributed by atoms with Gasteiger partial charge < -0.3 is 10.0 Å². The number of carbonyl (C=O) groups is 2. The van der Waals surface area contributed by atoms with Crippen LogP contribution in [0.25, 0.3) is 0 Å². The van der Waals surface area contributed by atoms with Gasteiger partial charge in [-0.05, 0) is 48.4 Å². The summed E-state index contributed by atoms with van der Waals surface area (Å²) >= 11 is 0. The molecule has 180 valence electrons. The quantitative estimate of drug-likeness (QED) is 0.567. The minimum absolute atomic E-state index is 0.0544. The van der Waals surface area contributed by atoms with Gasteiger partial charge in [0, 0.05) is 19.1 Å².